The van der Waals surface area contributed by atoms with Crippen LogP contribution in [0, 0.1) is 5.82 Å². The minimum absolute atomic E-state index is 0.149. The van der Waals surface area contributed by atoms with Crippen LogP contribution in [-0.2, 0) is 12.0 Å². The van der Waals surface area contributed by atoms with Crippen molar-refractivity contribution in [1.29, 1.82) is 0 Å². The van der Waals surface area contributed by atoms with Crippen LogP contribution in [0.1, 0.15) is 30.4 Å². The van der Waals surface area contributed by atoms with Gasteiger partial charge in [-0.3, -0.25) is 4.90 Å². The average Bonchev–Trinajstić information content (AvgIpc) is 3.35. The van der Waals surface area contributed by atoms with Gasteiger partial charge in [0, 0.05) is 37.6 Å². The molecule has 4 rings (SSSR count). The van der Waals surface area contributed by atoms with Crippen LogP contribution in [-0.4, -0.2) is 36.6 Å². The van der Waals surface area contributed by atoms with Crippen LogP contribution in [0.25, 0.3) is 0 Å². The summed E-state index contributed by atoms with van der Waals surface area (Å²) in [5, 5.41) is 6.04. The first-order chi connectivity index (χ1) is 13.1. The number of carbonyl (C=O) groups excluding carboxylic acids is 1. The minimum Gasteiger partial charge on any atom is -0.337 e. The lowest BCUT2D eigenvalue weighted by molar-refractivity contribution is 0.235. The molecule has 1 aliphatic carbocycles. The van der Waals surface area contributed by atoms with E-state index in [2.05, 4.69) is 39.8 Å². The van der Waals surface area contributed by atoms with Crippen LogP contribution < -0.4 is 10.6 Å². The molecule has 1 atom stereocenters. The Morgan fingerprint density at radius 2 is 1.85 bits per heavy atom. The van der Waals surface area contributed by atoms with Gasteiger partial charge in [0.05, 0.1) is 0 Å². The van der Waals surface area contributed by atoms with E-state index in [0.29, 0.717) is 6.54 Å². The maximum absolute atomic E-state index is 14.1. The summed E-state index contributed by atoms with van der Waals surface area (Å²) in [4.78, 5) is 14.7. The number of benzene rings is 2. The van der Waals surface area contributed by atoms with Crippen molar-refractivity contribution in [3.63, 3.8) is 0 Å². The molecule has 1 unspecified atom stereocenters. The molecule has 0 aromatic heterocycles. The number of nitrogens with zero attached hydrogens (tertiary/aromatic N) is 1. The van der Waals surface area contributed by atoms with Crippen molar-refractivity contribution in [2.75, 3.05) is 19.6 Å². The number of hydrogen-bond donors (Lipinski definition) is 2. The first-order valence-corrected chi connectivity index (χ1v) is 9.70. The molecule has 2 amide bonds. The Labute approximate surface area is 159 Å². The largest absolute Gasteiger partial charge is 0.337 e. The predicted molar refractivity (Wildman–Crippen MR) is 104 cm³/mol. The van der Waals surface area contributed by atoms with E-state index < -0.39 is 0 Å². The minimum atomic E-state index is -0.225. The molecular weight excluding hydrogens is 341 g/mol. The highest BCUT2D eigenvalue weighted by Gasteiger charge is 2.46. The van der Waals surface area contributed by atoms with Crippen LogP contribution in [0.15, 0.2) is 54.6 Å². The zero-order valence-electron chi connectivity index (χ0n) is 15.5. The summed E-state index contributed by atoms with van der Waals surface area (Å²) in [6, 6.07) is 17.3. The maximum Gasteiger partial charge on any atom is 0.315 e. The second kappa shape index (κ2) is 7.69. The molecule has 5 heteroatoms. The van der Waals surface area contributed by atoms with E-state index in [1.807, 2.05) is 18.2 Å². The highest BCUT2D eigenvalue weighted by atomic mass is 19.1. The summed E-state index contributed by atoms with van der Waals surface area (Å²) in [5.74, 6) is -0.176. The van der Waals surface area contributed by atoms with Gasteiger partial charge in [-0.1, -0.05) is 48.5 Å². The molecule has 2 aromatic carbocycles. The highest BCUT2D eigenvalue weighted by Crippen LogP contribution is 2.48. The Kier molecular flexibility index (Phi) is 5.12. The van der Waals surface area contributed by atoms with Gasteiger partial charge < -0.3 is 10.6 Å². The van der Waals surface area contributed by atoms with Gasteiger partial charge in [-0.05, 0) is 36.5 Å². The normalized spacial score (nSPS) is 21.0. The van der Waals surface area contributed by atoms with E-state index in [1.54, 1.807) is 6.07 Å². The molecule has 1 saturated heterocycles. The first-order valence-electron chi connectivity index (χ1n) is 9.70. The van der Waals surface area contributed by atoms with Gasteiger partial charge in [-0.15, -0.1) is 0 Å². The van der Waals surface area contributed by atoms with Crippen LogP contribution in [0.4, 0.5) is 9.18 Å². The van der Waals surface area contributed by atoms with Gasteiger partial charge in [0.2, 0.25) is 0 Å². The molecule has 2 fully saturated rings. The number of rotatable bonds is 6. The second-order valence-corrected chi connectivity index (χ2v) is 7.79. The van der Waals surface area contributed by atoms with E-state index in [1.165, 1.54) is 11.6 Å². The number of halogens is 1. The Morgan fingerprint density at radius 1 is 1.11 bits per heavy atom. The number of carbonyl (C=O) groups is 1. The number of amides is 2. The van der Waals surface area contributed by atoms with Crippen molar-refractivity contribution < 1.29 is 9.18 Å². The fourth-order valence-corrected chi connectivity index (χ4v) is 4.01. The Bertz CT molecular complexity index is 791. The summed E-state index contributed by atoms with van der Waals surface area (Å²) in [5.41, 5.74) is 1.79. The van der Waals surface area contributed by atoms with Crippen LogP contribution in [0.3, 0.4) is 0 Å². The number of nitrogens with one attached hydrogen (secondary N) is 2. The molecule has 2 aliphatic rings. The third-order valence-electron chi connectivity index (χ3n) is 5.74. The fourth-order valence-electron chi connectivity index (χ4n) is 4.01. The van der Waals surface area contributed by atoms with E-state index in [4.69, 9.17) is 0 Å². The zero-order valence-corrected chi connectivity index (χ0v) is 15.5. The molecule has 2 N–H and O–H groups in total. The van der Waals surface area contributed by atoms with Gasteiger partial charge in [-0.2, -0.15) is 0 Å². The number of hydrogen-bond acceptors (Lipinski definition) is 2. The number of likely N-dealkylation sites (tertiary alicyclic amines) is 1. The molecule has 27 heavy (non-hydrogen) atoms. The Balaban J connectivity index is 1.24. The standard InChI is InChI=1S/C22H26FN3O/c23-20-9-5-4-8-19(20)22(11-12-22)16-24-21(27)25-18-10-13-26(15-18)14-17-6-2-1-3-7-17/h1-9,18H,10-16H2,(H2,24,25,27). The molecule has 4 nitrogen and oxygen atoms in total. The summed E-state index contributed by atoms with van der Waals surface area (Å²) in [6.45, 7) is 3.25. The molecule has 2 aromatic rings. The third kappa shape index (κ3) is 4.30. The van der Waals surface area contributed by atoms with Gasteiger partial charge >= 0.3 is 6.03 Å². The second-order valence-electron chi connectivity index (χ2n) is 7.79. The highest BCUT2D eigenvalue weighted by molar-refractivity contribution is 5.74. The third-order valence-corrected chi connectivity index (χ3v) is 5.74. The zero-order chi connectivity index (χ0) is 18.7. The summed E-state index contributed by atoms with van der Waals surface area (Å²) < 4.78 is 14.1. The fraction of sp³-hybridized carbons (Fsp3) is 0.409. The predicted octanol–water partition coefficient (Wildman–Crippen LogP) is 3.43. The summed E-state index contributed by atoms with van der Waals surface area (Å²) >= 11 is 0. The topological polar surface area (TPSA) is 44.4 Å². The van der Waals surface area contributed by atoms with Gasteiger partial charge in [0.1, 0.15) is 5.82 Å². The molecule has 0 radical (unpaired) electrons. The Hall–Kier alpha value is -2.40. The maximum atomic E-state index is 14.1. The number of urea groups is 1. The van der Waals surface area contributed by atoms with Gasteiger partial charge in [0.15, 0.2) is 0 Å². The first kappa shape index (κ1) is 18.0. The van der Waals surface area contributed by atoms with Crippen molar-refractivity contribution >= 4 is 6.03 Å². The lowest BCUT2D eigenvalue weighted by Crippen LogP contribution is -2.45. The monoisotopic (exact) mass is 367 g/mol. The van der Waals surface area contributed by atoms with Crippen LogP contribution in [0.2, 0.25) is 0 Å². The lowest BCUT2D eigenvalue weighted by atomic mass is 9.95. The van der Waals surface area contributed by atoms with E-state index in [9.17, 15) is 9.18 Å². The van der Waals surface area contributed by atoms with Gasteiger partial charge in [-0.25, -0.2) is 9.18 Å². The molecule has 0 spiro atoms. The average molecular weight is 367 g/mol. The van der Waals surface area contributed by atoms with E-state index in [0.717, 1.165) is 44.5 Å². The van der Waals surface area contributed by atoms with Crippen molar-refractivity contribution in [3.8, 4) is 0 Å². The van der Waals surface area contributed by atoms with E-state index in [-0.39, 0.29) is 23.3 Å². The molecule has 1 aliphatic heterocycles. The van der Waals surface area contributed by atoms with Crippen molar-refractivity contribution in [1.82, 2.24) is 15.5 Å². The van der Waals surface area contributed by atoms with Crippen molar-refractivity contribution in [3.05, 3.63) is 71.5 Å². The summed E-state index contributed by atoms with van der Waals surface area (Å²) in [7, 11) is 0. The molecule has 1 saturated carbocycles. The lowest BCUT2D eigenvalue weighted by Gasteiger charge is -2.20. The molecule has 142 valence electrons. The SMILES string of the molecule is O=C(NCC1(c2ccccc2F)CC1)NC1CCN(Cc2ccccc2)C1. The smallest absolute Gasteiger partial charge is 0.315 e. The Morgan fingerprint density at radius 3 is 2.59 bits per heavy atom. The molecule has 0 bridgehead atoms. The van der Waals surface area contributed by atoms with Gasteiger partial charge in [0.25, 0.3) is 0 Å². The van der Waals surface area contributed by atoms with Crippen LogP contribution in [0.5, 0.6) is 0 Å². The van der Waals surface area contributed by atoms with Crippen molar-refractivity contribution in [2.24, 2.45) is 0 Å². The van der Waals surface area contributed by atoms with E-state index >= 15 is 0 Å². The van der Waals surface area contributed by atoms with Crippen LogP contribution >= 0.6 is 0 Å². The summed E-state index contributed by atoms with van der Waals surface area (Å²) in [6.07, 6.45) is 2.80. The van der Waals surface area contributed by atoms with Crippen molar-refractivity contribution in [2.45, 2.75) is 37.3 Å². The molecule has 1 heterocycles. The quantitative estimate of drug-likeness (QED) is 0.822. The molecular formula is C22H26FN3O.